The van der Waals surface area contributed by atoms with Crippen molar-refractivity contribution in [1.29, 1.82) is 0 Å². The number of hydrogen-bond donors (Lipinski definition) is 3. The van der Waals surface area contributed by atoms with Crippen LogP contribution in [0.4, 0.5) is 23.1 Å². The van der Waals surface area contributed by atoms with Gasteiger partial charge in [0.15, 0.2) is 17.3 Å². The summed E-state index contributed by atoms with van der Waals surface area (Å²) in [5, 5.41) is 3.48. The Morgan fingerprint density at radius 1 is 0.852 bits per heavy atom. The molecule has 5 rings (SSSR count). The number of nitrogens with zero attached hydrogens (tertiary/aromatic N) is 3. The zero-order chi connectivity index (χ0) is 18.4. The van der Waals surface area contributed by atoms with Crippen molar-refractivity contribution in [3.8, 4) is 11.5 Å². The van der Waals surface area contributed by atoms with E-state index in [4.69, 9.17) is 16.2 Å². The summed E-state index contributed by atoms with van der Waals surface area (Å²) in [6, 6.07) is 15.8. The van der Waals surface area contributed by atoms with Crippen LogP contribution < -0.4 is 21.5 Å². The number of hydrogen-bond acceptors (Lipinski definition) is 7. The molecular weight excluding hydrogens is 340 g/mol. The van der Waals surface area contributed by atoms with Gasteiger partial charge in [0.1, 0.15) is 11.0 Å². The fraction of sp³-hybridized carbons (Fsp3) is 0.0500. The minimum Gasteiger partial charge on any atom is -0.453 e. The first-order chi connectivity index (χ1) is 13.2. The molecule has 0 saturated carbocycles. The Morgan fingerprint density at radius 2 is 1.70 bits per heavy atom. The second-order valence-corrected chi connectivity index (χ2v) is 6.32. The molecule has 0 bridgehead atoms. The van der Waals surface area contributed by atoms with Gasteiger partial charge in [-0.3, -0.25) is 4.98 Å². The number of rotatable bonds is 2. The van der Waals surface area contributed by atoms with E-state index in [1.165, 1.54) is 0 Å². The summed E-state index contributed by atoms with van der Waals surface area (Å²) in [5.74, 6) is 2.02. The fourth-order valence-electron chi connectivity index (χ4n) is 3.33. The lowest BCUT2D eigenvalue weighted by Gasteiger charge is -2.24. The first-order valence-corrected chi connectivity index (χ1v) is 8.51. The van der Waals surface area contributed by atoms with E-state index in [9.17, 15) is 0 Å². The minimum absolute atomic E-state index is 0.139. The molecule has 7 heteroatoms. The van der Waals surface area contributed by atoms with Crippen molar-refractivity contribution in [3.63, 3.8) is 0 Å². The zero-order valence-electron chi connectivity index (χ0n) is 14.3. The molecule has 2 aromatic heterocycles. The predicted molar refractivity (Wildman–Crippen MR) is 105 cm³/mol. The Morgan fingerprint density at radius 3 is 2.63 bits per heavy atom. The lowest BCUT2D eigenvalue weighted by Crippen LogP contribution is -2.07. The van der Waals surface area contributed by atoms with Gasteiger partial charge in [0.2, 0.25) is 5.95 Å². The van der Waals surface area contributed by atoms with Gasteiger partial charge in [-0.05, 0) is 35.4 Å². The van der Waals surface area contributed by atoms with Gasteiger partial charge < -0.3 is 21.5 Å². The molecule has 0 unspecified atom stereocenters. The largest absolute Gasteiger partial charge is 0.453 e. The predicted octanol–water partition coefficient (Wildman–Crippen LogP) is 3.63. The van der Waals surface area contributed by atoms with Crippen LogP contribution >= 0.6 is 0 Å². The molecule has 0 radical (unpaired) electrons. The van der Waals surface area contributed by atoms with Gasteiger partial charge in [0, 0.05) is 12.6 Å². The smallest absolute Gasteiger partial charge is 0.222 e. The third-order valence-corrected chi connectivity index (χ3v) is 4.57. The number of nitrogens with one attached hydrogen (secondary N) is 1. The SMILES string of the molecule is Nc1nc(N)c2nccc(Cc3cccc4c3Nc3ccccc3O4)c2n1. The van der Waals surface area contributed by atoms with E-state index in [1.807, 2.05) is 42.5 Å². The summed E-state index contributed by atoms with van der Waals surface area (Å²) < 4.78 is 6.04. The molecule has 0 atom stereocenters. The normalized spacial score (nSPS) is 12.0. The van der Waals surface area contributed by atoms with Crippen molar-refractivity contribution in [1.82, 2.24) is 15.0 Å². The van der Waals surface area contributed by atoms with E-state index in [-0.39, 0.29) is 11.8 Å². The lowest BCUT2D eigenvalue weighted by atomic mass is 10.0. The summed E-state index contributed by atoms with van der Waals surface area (Å²) in [7, 11) is 0. The number of para-hydroxylation sites is 3. The van der Waals surface area contributed by atoms with Crippen LogP contribution in [0, 0.1) is 0 Å². The molecule has 27 heavy (non-hydrogen) atoms. The summed E-state index contributed by atoms with van der Waals surface area (Å²) in [5.41, 5.74) is 16.9. The van der Waals surface area contributed by atoms with Crippen molar-refractivity contribution in [2.24, 2.45) is 0 Å². The maximum atomic E-state index is 6.04. The highest BCUT2D eigenvalue weighted by atomic mass is 16.5. The number of nitrogen functional groups attached to an aromatic ring is 2. The number of ether oxygens (including phenoxy) is 1. The molecule has 0 saturated heterocycles. The molecule has 4 aromatic rings. The molecule has 0 spiro atoms. The highest BCUT2D eigenvalue weighted by Crippen LogP contribution is 2.43. The average molecular weight is 356 g/mol. The highest BCUT2D eigenvalue weighted by molar-refractivity contribution is 5.88. The van der Waals surface area contributed by atoms with E-state index >= 15 is 0 Å². The van der Waals surface area contributed by atoms with Crippen LogP contribution in [0.15, 0.2) is 54.7 Å². The van der Waals surface area contributed by atoms with Gasteiger partial charge >= 0.3 is 0 Å². The van der Waals surface area contributed by atoms with Gasteiger partial charge in [-0.15, -0.1) is 0 Å². The van der Waals surface area contributed by atoms with Crippen molar-refractivity contribution in [2.75, 3.05) is 16.8 Å². The monoisotopic (exact) mass is 356 g/mol. The molecule has 132 valence electrons. The van der Waals surface area contributed by atoms with E-state index in [0.29, 0.717) is 17.5 Å². The third kappa shape index (κ3) is 2.56. The van der Waals surface area contributed by atoms with Gasteiger partial charge in [-0.25, -0.2) is 4.98 Å². The van der Waals surface area contributed by atoms with Crippen LogP contribution in [-0.2, 0) is 6.42 Å². The van der Waals surface area contributed by atoms with E-state index in [0.717, 1.165) is 34.0 Å². The first kappa shape index (κ1) is 15.4. The van der Waals surface area contributed by atoms with E-state index in [2.05, 4.69) is 26.3 Å². The minimum atomic E-state index is 0.139. The van der Waals surface area contributed by atoms with Crippen molar-refractivity contribution >= 4 is 34.2 Å². The molecule has 0 aliphatic carbocycles. The van der Waals surface area contributed by atoms with Crippen molar-refractivity contribution < 1.29 is 4.74 Å². The van der Waals surface area contributed by atoms with E-state index in [1.54, 1.807) is 6.20 Å². The molecule has 2 aromatic carbocycles. The standard InChI is InChI=1S/C20H16N6O/c21-19-18-17(25-20(22)26-19)12(8-9-23-18)10-11-4-3-7-15-16(11)24-13-5-1-2-6-14(13)27-15/h1-9,24H,10H2,(H4,21,22,25,26). The second-order valence-electron chi connectivity index (χ2n) is 6.32. The maximum absolute atomic E-state index is 6.04. The van der Waals surface area contributed by atoms with Gasteiger partial charge in [-0.2, -0.15) is 4.98 Å². The number of aromatic nitrogens is 3. The highest BCUT2D eigenvalue weighted by Gasteiger charge is 2.19. The Bertz CT molecular complexity index is 1190. The Labute approximate surface area is 155 Å². The summed E-state index contributed by atoms with van der Waals surface area (Å²) >= 11 is 0. The number of anilines is 4. The Balaban J connectivity index is 1.60. The Kier molecular flexibility index (Phi) is 3.33. The van der Waals surface area contributed by atoms with Crippen molar-refractivity contribution in [3.05, 3.63) is 65.9 Å². The maximum Gasteiger partial charge on any atom is 0.222 e. The quantitative estimate of drug-likeness (QED) is 0.443. The zero-order valence-corrected chi connectivity index (χ0v) is 14.3. The van der Waals surface area contributed by atoms with Crippen LogP contribution in [0.1, 0.15) is 11.1 Å². The van der Waals surface area contributed by atoms with Gasteiger partial charge in [0.25, 0.3) is 0 Å². The van der Waals surface area contributed by atoms with Crippen LogP contribution in [0.25, 0.3) is 11.0 Å². The van der Waals surface area contributed by atoms with Crippen LogP contribution in [0.2, 0.25) is 0 Å². The number of benzene rings is 2. The van der Waals surface area contributed by atoms with Gasteiger partial charge in [0.05, 0.1) is 11.4 Å². The van der Waals surface area contributed by atoms with Crippen LogP contribution in [-0.4, -0.2) is 15.0 Å². The summed E-state index contributed by atoms with van der Waals surface area (Å²) in [6.07, 6.45) is 2.33. The third-order valence-electron chi connectivity index (χ3n) is 4.57. The lowest BCUT2D eigenvalue weighted by molar-refractivity contribution is 0.480. The molecule has 1 aliphatic heterocycles. The topological polar surface area (TPSA) is 112 Å². The molecule has 5 N–H and O–H groups in total. The number of pyridine rings is 1. The molecule has 0 amide bonds. The van der Waals surface area contributed by atoms with Crippen LogP contribution in [0.3, 0.4) is 0 Å². The van der Waals surface area contributed by atoms with Crippen molar-refractivity contribution in [2.45, 2.75) is 6.42 Å². The molecule has 3 heterocycles. The van der Waals surface area contributed by atoms with Crippen LogP contribution in [0.5, 0.6) is 11.5 Å². The summed E-state index contributed by atoms with van der Waals surface area (Å²) in [4.78, 5) is 12.6. The van der Waals surface area contributed by atoms with E-state index < -0.39 is 0 Å². The average Bonchev–Trinajstić information content (AvgIpc) is 2.67. The van der Waals surface area contributed by atoms with Gasteiger partial charge in [-0.1, -0.05) is 24.3 Å². The summed E-state index contributed by atoms with van der Waals surface area (Å²) in [6.45, 7) is 0. The molecule has 7 nitrogen and oxygen atoms in total. The molecule has 1 aliphatic rings. The molecular formula is C20H16N6O. The Hall–Kier alpha value is -3.87. The first-order valence-electron chi connectivity index (χ1n) is 8.51. The number of fused-ring (bicyclic) bond motifs is 3. The molecule has 0 fully saturated rings. The fourth-order valence-corrected chi connectivity index (χ4v) is 3.33. The second kappa shape index (κ2) is 5.84. The number of nitrogens with two attached hydrogens (primary N) is 2.